The zero-order valence-electron chi connectivity index (χ0n) is 15.6. The van der Waals surface area contributed by atoms with Gasteiger partial charge in [0.2, 0.25) is 0 Å². The van der Waals surface area contributed by atoms with Crippen LogP contribution in [0.5, 0.6) is 11.5 Å². The predicted octanol–water partition coefficient (Wildman–Crippen LogP) is 2.45. The number of hydrogen-bond donors (Lipinski definition) is 1. The van der Waals surface area contributed by atoms with Gasteiger partial charge in [-0.3, -0.25) is 9.59 Å². The van der Waals surface area contributed by atoms with Gasteiger partial charge in [-0.1, -0.05) is 12.2 Å². The van der Waals surface area contributed by atoms with Crippen LogP contribution in [0.2, 0.25) is 0 Å². The summed E-state index contributed by atoms with van der Waals surface area (Å²) < 4.78 is 11.3. The molecule has 152 valence electrons. The van der Waals surface area contributed by atoms with Crippen LogP contribution in [0.25, 0.3) is 0 Å². The second kappa shape index (κ2) is 7.62. The lowest BCUT2D eigenvalue weighted by Gasteiger charge is -2.14. The summed E-state index contributed by atoms with van der Waals surface area (Å²) in [5, 5.41) is 13.9. The number of amides is 2. The molecule has 29 heavy (non-hydrogen) atoms. The molecule has 1 heterocycles. The molecule has 4 rings (SSSR count). The summed E-state index contributed by atoms with van der Waals surface area (Å²) in [4.78, 5) is 36.2. The van der Waals surface area contributed by atoms with E-state index >= 15 is 0 Å². The monoisotopic (exact) mass is 462 g/mol. The third kappa shape index (κ3) is 3.43. The highest BCUT2D eigenvalue weighted by Crippen LogP contribution is 2.52. The average Bonchev–Trinajstić information content (AvgIpc) is 3.35. The molecule has 0 spiro atoms. The van der Waals surface area contributed by atoms with Gasteiger partial charge in [0.1, 0.15) is 0 Å². The van der Waals surface area contributed by atoms with E-state index in [2.05, 4.69) is 21.0 Å². The number of hydrazone groups is 1. The van der Waals surface area contributed by atoms with Crippen molar-refractivity contribution >= 4 is 39.9 Å². The number of carboxylic acid groups (broad SMARTS) is 1. The van der Waals surface area contributed by atoms with E-state index in [1.54, 1.807) is 19.1 Å². The average molecular weight is 463 g/mol. The van der Waals surface area contributed by atoms with Crippen molar-refractivity contribution in [3.63, 3.8) is 0 Å². The van der Waals surface area contributed by atoms with Crippen molar-refractivity contribution in [2.75, 3.05) is 13.2 Å². The summed E-state index contributed by atoms with van der Waals surface area (Å²) in [6.07, 6.45) is 6.35. The van der Waals surface area contributed by atoms with E-state index in [1.165, 1.54) is 6.21 Å². The Morgan fingerprint density at radius 2 is 1.83 bits per heavy atom. The van der Waals surface area contributed by atoms with E-state index < -0.39 is 12.6 Å². The van der Waals surface area contributed by atoms with Crippen molar-refractivity contribution in [3.8, 4) is 11.5 Å². The highest BCUT2D eigenvalue weighted by atomic mass is 79.9. The molecular weight excluding hydrogens is 444 g/mol. The molecule has 2 bridgehead atoms. The van der Waals surface area contributed by atoms with Crippen molar-refractivity contribution < 1.29 is 29.0 Å². The molecule has 1 saturated carbocycles. The third-order valence-corrected chi connectivity index (χ3v) is 6.16. The summed E-state index contributed by atoms with van der Waals surface area (Å²) in [6.45, 7) is 1.64. The lowest BCUT2D eigenvalue weighted by Crippen LogP contribution is -2.28. The normalized spacial score (nSPS) is 27.2. The molecule has 2 fully saturated rings. The van der Waals surface area contributed by atoms with Gasteiger partial charge in [-0.25, -0.2) is 4.79 Å². The van der Waals surface area contributed by atoms with Crippen LogP contribution in [0.4, 0.5) is 0 Å². The molecule has 1 N–H and O–H groups in total. The Labute approximate surface area is 175 Å². The first-order chi connectivity index (χ1) is 13.9. The highest BCUT2D eigenvalue weighted by molar-refractivity contribution is 9.10. The first-order valence-electron chi connectivity index (χ1n) is 9.31. The summed E-state index contributed by atoms with van der Waals surface area (Å²) in [7, 11) is 0. The third-order valence-electron chi connectivity index (χ3n) is 5.47. The number of nitrogens with zero attached hydrogens (tertiary/aromatic N) is 2. The van der Waals surface area contributed by atoms with Gasteiger partial charge in [-0.05, 0) is 53.2 Å². The molecule has 1 aromatic rings. The first-order valence-corrected chi connectivity index (χ1v) is 10.1. The Balaban J connectivity index is 1.57. The molecule has 8 nitrogen and oxygen atoms in total. The molecular formula is C20H19BrN2O6. The van der Waals surface area contributed by atoms with Gasteiger partial charge in [0.25, 0.3) is 11.8 Å². The van der Waals surface area contributed by atoms with Crippen LogP contribution in [0, 0.1) is 23.7 Å². The highest BCUT2D eigenvalue weighted by Gasteiger charge is 2.59. The number of ether oxygens (including phenoxy) is 2. The number of hydrogen-bond acceptors (Lipinski definition) is 6. The maximum Gasteiger partial charge on any atom is 0.341 e. The zero-order chi connectivity index (χ0) is 20.7. The van der Waals surface area contributed by atoms with Crippen molar-refractivity contribution in [2.24, 2.45) is 28.8 Å². The van der Waals surface area contributed by atoms with Crippen LogP contribution in [0.3, 0.4) is 0 Å². The summed E-state index contributed by atoms with van der Waals surface area (Å²) >= 11 is 3.38. The second-order valence-corrected chi connectivity index (χ2v) is 8.02. The molecule has 2 amide bonds. The van der Waals surface area contributed by atoms with Crippen LogP contribution < -0.4 is 9.47 Å². The molecule has 1 saturated heterocycles. The fraction of sp³-hybridized carbons (Fsp3) is 0.400. The summed E-state index contributed by atoms with van der Waals surface area (Å²) in [5.74, 6) is -1.35. The number of carbonyl (C=O) groups excluding carboxylic acids is 2. The SMILES string of the molecule is CCOc1cc(C=NN2C(=O)C3C4C=CC(C4)C3C2=O)c(Br)cc1OCC(=O)O. The number of aliphatic carboxylic acids is 1. The van der Waals surface area contributed by atoms with Gasteiger partial charge in [0.15, 0.2) is 18.1 Å². The number of fused-ring (bicyclic) bond motifs is 5. The lowest BCUT2D eigenvalue weighted by atomic mass is 9.85. The van der Waals surface area contributed by atoms with E-state index in [0.29, 0.717) is 22.4 Å². The minimum Gasteiger partial charge on any atom is -0.490 e. The molecule has 0 radical (unpaired) electrons. The topological polar surface area (TPSA) is 106 Å². The van der Waals surface area contributed by atoms with Crippen LogP contribution >= 0.6 is 15.9 Å². The van der Waals surface area contributed by atoms with Crippen LogP contribution in [0.15, 0.2) is 33.9 Å². The maximum absolute atomic E-state index is 12.7. The number of allylic oxidation sites excluding steroid dienone is 2. The second-order valence-electron chi connectivity index (χ2n) is 7.17. The van der Waals surface area contributed by atoms with Gasteiger partial charge in [-0.2, -0.15) is 10.1 Å². The van der Waals surface area contributed by atoms with Crippen LogP contribution in [-0.4, -0.2) is 47.3 Å². The van der Waals surface area contributed by atoms with E-state index in [1.807, 2.05) is 12.2 Å². The Morgan fingerprint density at radius 1 is 1.21 bits per heavy atom. The van der Waals surface area contributed by atoms with Crippen LogP contribution in [-0.2, 0) is 14.4 Å². The zero-order valence-corrected chi connectivity index (χ0v) is 17.2. The van der Waals surface area contributed by atoms with Crippen molar-refractivity contribution in [1.29, 1.82) is 0 Å². The van der Waals surface area contributed by atoms with Crippen molar-refractivity contribution in [3.05, 3.63) is 34.3 Å². The smallest absolute Gasteiger partial charge is 0.341 e. The largest absolute Gasteiger partial charge is 0.490 e. The van der Waals surface area contributed by atoms with E-state index in [9.17, 15) is 14.4 Å². The minimum absolute atomic E-state index is 0.128. The molecule has 4 unspecified atom stereocenters. The molecule has 0 aromatic heterocycles. The quantitative estimate of drug-likeness (QED) is 0.379. The van der Waals surface area contributed by atoms with E-state index in [4.69, 9.17) is 14.6 Å². The van der Waals surface area contributed by atoms with E-state index in [0.717, 1.165) is 11.4 Å². The standard InChI is InChI=1S/C20H19BrN2O6/c1-2-28-14-6-12(13(21)7-15(14)29-9-16(24)25)8-22-23-19(26)17-10-3-4-11(5-10)18(17)20(23)27/h3-4,6-8,10-11,17-18H,2,5,9H2,1H3,(H,24,25). The lowest BCUT2D eigenvalue weighted by molar-refractivity contribution is -0.141. The number of carbonyl (C=O) groups is 3. The number of rotatable bonds is 7. The van der Waals surface area contributed by atoms with E-state index in [-0.39, 0.29) is 41.2 Å². The van der Waals surface area contributed by atoms with Gasteiger partial charge in [-0.15, -0.1) is 0 Å². The Kier molecular flexibility index (Phi) is 5.16. The fourth-order valence-electron chi connectivity index (χ4n) is 4.29. The number of benzene rings is 1. The van der Waals surface area contributed by atoms with Crippen molar-refractivity contribution in [2.45, 2.75) is 13.3 Å². The molecule has 3 aliphatic rings. The van der Waals surface area contributed by atoms with Gasteiger partial charge in [0.05, 0.1) is 24.7 Å². The number of halogens is 1. The maximum atomic E-state index is 12.7. The van der Waals surface area contributed by atoms with Gasteiger partial charge < -0.3 is 14.6 Å². The van der Waals surface area contributed by atoms with Crippen LogP contribution in [0.1, 0.15) is 18.9 Å². The number of carboxylic acids is 1. The van der Waals surface area contributed by atoms with Gasteiger partial charge >= 0.3 is 5.97 Å². The summed E-state index contributed by atoms with van der Waals surface area (Å²) in [6, 6.07) is 3.19. The first kappa shape index (κ1) is 19.6. The Hall–Kier alpha value is -2.68. The minimum atomic E-state index is -1.10. The molecule has 2 aliphatic carbocycles. The number of imide groups is 1. The molecule has 1 aliphatic heterocycles. The van der Waals surface area contributed by atoms with Crippen molar-refractivity contribution in [1.82, 2.24) is 5.01 Å². The summed E-state index contributed by atoms with van der Waals surface area (Å²) in [5.41, 5.74) is 0.565. The predicted molar refractivity (Wildman–Crippen MR) is 106 cm³/mol. The molecule has 1 aromatic carbocycles. The Bertz CT molecular complexity index is 913. The molecule has 4 atom stereocenters. The Morgan fingerprint density at radius 3 is 2.41 bits per heavy atom. The fourth-order valence-corrected chi connectivity index (χ4v) is 4.72. The molecule has 9 heteroatoms. The van der Waals surface area contributed by atoms with Gasteiger partial charge in [0, 0.05) is 10.0 Å².